The van der Waals surface area contributed by atoms with Crippen molar-refractivity contribution in [2.45, 2.75) is 191 Å². The first-order valence-corrected chi connectivity index (χ1v) is 36.1. The Bertz CT molecular complexity index is 3520. The highest BCUT2D eigenvalue weighted by Crippen LogP contribution is 2.42. The van der Waals surface area contributed by atoms with Gasteiger partial charge in [-0.3, -0.25) is 38.4 Å². The number of hydrogen-bond donors (Lipinski definition) is 2. The lowest BCUT2D eigenvalue weighted by atomic mass is 9.95. The van der Waals surface area contributed by atoms with Crippen LogP contribution in [0, 0.1) is 0 Å². The summed E-state index contributed by atoms with van der Waals surface area (Å²) in [6.07, 6.45) is -32.4. The Kier molecular flexibility index (Phi) is 30.7. The third-order valence-corrected chi connectivity index (χ3v) is 18.4. The summed E-state index contributed by atoms with van der Waals surface area (Å²) < 4.78 is 119. The normalized spacial score (nSPS) is 29.4. The second-order valence-corrected chi connectivity index (χ2v) is 27.1. The van der Waals surface area contributed by atoms with Gasteiger partial charge in [0.2, 0.25) is 12.2 Å². The fourth-order valence-corrected chi connectivity index (χ4v) is 13.4. The Morgan fingerprint density at radius 1 is 0.343 bits per heavy atom. The van der Waals surface area contributed by atoms with Crippen molar-refractivity contribution in [3.63, 3.8) is 0 Å². The molecule has 108 heavy (non-hydrogen) atoms. The molecule has 36 heteroatoms. The fraction of sp³-hybridized carbons (Fsp3) is 0.500. The average molecular weight is 1560 g/mol. The predicted molar refractivity (Wildman–Crippen MR) is 364 cm³/mol. The van der Waals surface area contributed by atoms with E-state index in [2.05, 4.69) is 0 Å². The first-order chi connectivity index (χ1) is 51.3. The van der Waals surface area contributed by atoms with Gasteiger partial charge in [-0.15, -0.1) is 0 Å². The minimum Gasteiger partial charge on any atom is -0.463 e. The van der Waals surface area contributed by atoms with Crippen molar-refractivity contribution in [1.29, 1.82) is 0 Å². The van der Waals surface area contributed by atoms with Crippen molar-refractivity contribution < 1.29 is 162 Å². The van der Waals surface area contributed by atoms with E-state index in [1.807, 2.05) is 0 Å². The van der Waals surface area contributed by atoms with Crippen molar-refractivity contribution >= 4 is 93.2 Å². The molecule has 4 heterocycles. The van der Waals surface area contributed by atoms with Crippen molar-refractivity contribution in [3.8, 4) is 0 Å². The summed E-state index contributed by atoms with van der Waals surface area (Å²) >= 11 is 0. The Hall–Kier alpha value is -9.18. The van der Waals surface area contributed by atoms with Crippen LogP contribution in [0.4, 0.5) is 0 Å². The molecule has 4 fully saturated rings. The van der Waals surface area contributed by atoms with Crippen molar-refractivity contribution in [3.05, 3.63) is 144 Å². The van der Waals surface area contributed by atoms with Gasteiger partial charge in [0.1, 0.15) is 37.6 Å². The third kappa shape index (κ3) is 23.2. The van der Waals surface area contributed by atoms with Crippen molar-refractivity contribution in [2.24, 2.45) is 0 Å². The zero-order chi connectivity index (χ0) is 78.6. The summed E-state index contributed by atoms with van der Waals surface area (Å²) in [6.45, 7) is 8.57. The van der Waals surface area contributed by atoms with Gasteiger partial charge in [0.05, 0.1) is 47.7 Å². The molecule has 4 aliphatic rings. The smallest absolute Gasteiger partial charge is 0.338 e. The molecule has 0 unspecified atom stereocenters. The Morgan fingerprint density at radius 2 is 0.611 bits per heavy atom. The van der Waals surface area contributed by atoms with Gasteiger partial charge in [0, 0.05) is 66.9 Å². The van der Waals surface area contributed by atoms with Crippen molar-refractivity contribution in [1.82, 2.24) is 0 Å². The first kappa shape index (κ1) is 84.4. The molecule has 4 aliphatic heterocycles. The van der Waals surface area contributed by atoms with E-state index < -0.39 is 220 Å². The number of carbonyl (C=O) groups excluding carboxylic acids is 12. The molecule has 0 saturated carbocycles. The Morgan fingerprint density at radius 3 is 0.889 bits per heavy atom. The second-order valence-electron chi connectivity index (χ2n) is 24.4. The van der Waals surface area contributed by atoms with Crippen LogP contribution in [-0.2, 0) is 133 Å². The lowest BCUT2D eigenvalue weighted by Gasteiger charge is -2.50. The molecule has 2 N–H and O–H groups in total. The molecule has 20 atom stereocenters. The Balaban J connectivity index is 1.06. The molecular weight excluding hydrogens is 1470 g/mol. The maximum Gasteiger partial charge on any atom is 0.338 e. The number of benzene rings is 4. The van der Waals surface area contributed by atoms with Gasteiger partial charge in [-0.1, -0.05) is 94.4 Å². The highest BCUT2D eigenvalue weighted by Gasteiger charge is 2.64. The van der Waals surface area contributed by atoms with Crippen LogP contribution in [0.2, 0.25) is 0 Å². The van der Waals surface area contributed by atoms with Crippen LogP contribution >= 0.6 is 21.6 Å². The largest absolute Gasteiger partial charge is 0.463 e. The van der Waals surface area contributed by atoms with Crippen molar-refractivity contribution in [2.75, 3.05) is 37.9 Å². The predicted octanol–water partition coefficient (Wildman–Crippen LogP) is 4.37. The molecule has 8 rings (SSSR count). The SMILES string of the molecule is CC(=O)OC[C@H]1O[C@@H](O[C@H]2[C@@H](OC(=O)c3ccccc3)[C@H](OC(=O)c3ccccc3)[C@](O)(OCCSSCCO[C@]3(O)O[C@@H](C)[C@@H](O[C@@H]4O[C@H](COC(C)=O)[C@H](OC(C)=O)[C@H](OC(C)=O)[C@H]4OC(C)=O)[C@@H](OC(=O)c4ccccc4)[C@@H]3OC(=O)c3ccccc3)O[C@H]2C)[C@H](OC(C)=O)[C@@H](OC(C)=O)[C@H]1OC(C)=O. The van der Waals surface area contributed by atoms with Crippen LogP contribution < -0.4 is 0 Å². The van der Waals surface area contributed by atoms with Gasteiger partial charge in [-0.05, 0) is 62.4 Å². The second kappa shape index (κ2) is 39.3. The van der Waals surface area contributed by atoms with Gasteiger partial charge in [0.25, 0.3) is 0 Å². The molecule has 586 valence electrons. The standard InChI is InChI=1S/C72H82O34S2/c1-37-53(101-69-61(95-45(9)79)57(93-43(7)77)55(91-41(5)75)51(97-69)35-87-39(3)73)59(99-65(81)47-23-15-11-16-24-47)63(103-67(83)49-27-19-13-20-28-49)71(85,105-37)89-31-33-107-108-34-32-90-72(86)64(104-68(84)50-29-21-14-22-30-50)60(100-66(82)48-25-17-12-18-26-48)54(38(2)106-72)102-70-62(96-46(10)80)58(94-44(8)78)56(92-42(6)76)52(98-70)36-88-40(4)74/h11-30,37-38,51-64,69-70,85-86H,31-36H2,1-10H3/t37-,38-,51+,52+,53+,54+,55-,56-,57-,58-,59+,60+,61+,62+,63-,64-,69-,70-,71-,72-/m0/s1. The van der Waals surface area contributed by atoms with E-state index in [-0.39, 0.29) is 33.8 Å². The monoisotopic (exact) mass is 1550 g/mol. The molecule has 0 bridgehead atoms. The van der Waals surface area contributed by atoms with Gasteiger partial charge in [-0.25, -0.2) is 19.2 Å². The molecule has 34 nitrogen and oxygen atoms in total. The van der Waals surface area contributed by atoms with E-state index in [0.717, 1.165) is 77.0 Å². The minimum absolute atomic E-state index is 0.0500. The topological polar surface area (TPSA) is 430 Å². The van der Waals surface area contributed by atoms with E-state index in [1.165, 1.54) is 111 Å². The van der Waals surface area contributed by atoms with E-state index >= 15 is 0 Å². The van der Waals surface area contributed by atoms with Crippen LogP contribution in [0.15, 0.2) is 121 Å². The number of rotatable bonds is 31. The zero-order valence-electron chi connectivity index (χ0n) is 60.0. The average Bonchev–Trinajstić information content (AvgIpc) is 0.752. The summed E-state index contributed by atoms with van der Waals surface area (Å²) in [4.78, 5) is 158. The van der Waals surface area contributed by atoms with E-state index in [4.69, 9.17) is 94.7 Å². The number of hydrogen-bond acceptors (Lipinski definition) is 36. The molecule has 4 aromatic rings. The maximum atomic E-state index is 14.3. The van der Waals surface area contributed by atoms with Crippen LogP contribution in [0.5, 0.6) is 0 Å². The summed E-state index contributed by atoms with van der Waals surface area (Å²) in [6, 6.07) is 29.6. The zero-order valence-corrected chi connectivity index (χ0v) is 61.6. The van der Waals surface area contributed by atoms with Gasteiger partial charge < -0.3 is 105 Å². The lowest BCUT2D eigenvalue weighted by Crippen LogP contribution is -2.69. The van der Waals surface area contributed by atoms with E-state index in [9.17, 15) is 67.7 Å². The van der Waals surface area contributed by atoms with E-state index in [1.54, 1.807) is 24.3 Å². The van der Waals surface area contributed by atoms with Crippen LogP contribution in [-0.4, -0.2) is 242 Å². The molecule has 0 radical (unpaired) electrons. The molecular formula is C72H82O34S2. The van der Waals surface area contributed by atoms with E-state index in [0.29, 0.717) is 0 Å². The lowest BCUT2D eigenvalue weighted by molar-refractivity contribution is -0.451. The fourth-order valence-electron chi connectivity index (χ4n) is 11.8. The Labute approximate surface area is 626 Å². The number of esters is 12. The molecule has 0 spiro atoms. The van der Waals surface area contributed by atoms with Gasteiger partial charge >= 0.3 is 83.6 Å². The van der Waals surface area contributed by atoms with Crippen LogP contribution in [0.3, 0.4) is 0 Å². The van der Waals surface area contributed by atoms with Crippen LogP contribution in [0.1, 0.15) is 111 Å². The van der Waals surface area contributed by atoms with Crippen LogP contribution in [0.25, 0.3) is 0 Å². The maximum absolute atomic E-state index is 14.3. The highest BCUT2D eigenvalue weighted by molar-refractivity contribution is 8.76. The summed E-state index contributed by atoms with van der Waals surface area (Å²) in [7, 11) is 2.16. The summed E-state index contributed by atoms with van der Waals surface area (Å²) in [5.41, 5.74) is -0.246. The minimum atomic E-state index is -3.06. The van der Waals surface area contributed by atoms with Gasteiger partial charge in [0.15, 0.2) is 61.4 Å². The molecule has 4 aromatic carbocycles. The number of carbonyl (C=O) groups is 12. The summed E-state index contributed by atoms with van der Waals surface area (Å²) in [5, 5.41) is 25.5. The third-order valence-electron chi connectivity index (χ3n) is 16.1. The number of ether oxygens (including phenoxy) is 20. The first-order valence-electron chi connectivity index (χ1n) is 33.6. The summed E-state index contributed by atoms with van der Waals surface area (Å²) in [5.74, 6) is -18.0. The molecule has 4 saturated heterocycles. The molecule has 0 aliphatic carbocycles. The molecule has 0 amide bonds. The highest BCUT2D eigenvalue weighted by atomic mass is 33.1. The number of aliphatic hydroxyl groups is 2. The molecule has 0 aromatic heterocycles. The quantitative estimate of drug-likeness (QED) is 0.0232. The van der Waals surface area contributed by atoms with Gasteiger partial charge in [-0.2, -0.15) is 0 Å².